The Labute approximate surface area is 213 Å². The molecule has 0 spiro atoms. The zero-order chi connectivity index (χ0) is 26.5. The average Bonchev–Trinajstić information content (AvgIpc) is 3.64. The molecule has 7 N–H and O–H groups in total. The number of carboxylic acid groups (broad SMARTS) is 1. The van der Waals surface area contributed by atoms with Crippen molar-refractivity contribution < 1.29 is 24.3 Å². The van der Waals surface area contributed by atoms with Crippen LogP contribution in [0.3, 0.4) is 0 Å². The van der Waals surface area contributed by atoms with Gasteiger partial charge in [-0.1, -0.05) is 18.2 Å². The second kappa shape index (κ2) is 11.2. The number of likely N-dealkylation sites (tertiary alicyclic amines) is 1. The number of aromatic amines is 2. The molecule has 0 aliphatic carbocycles. The van der Waals surface area contributed by atoms with E-state index in [1.807, 2.05) is 30.5 Å². The summed E-state index contributed by atoms with van der Waals surface area (Å²) in [5.41, 5.74) is 8.75. The van der Waals surface area contributed by atoms with Gasteiger partial charge >= 0.3 is 5.97 Å². The van der Waals surface area contributed by atoms with Crippen LogP contribution in [0, 0.1) is 0 Å². The number of nitrogens with one attached hydrogen (secondary N) is 4. The van der Waals surface area contributed by atoms with Crippen molar-refractivity contribution in [1.29, 1.82) is 0 Å². The first-order chi connectivity index (χ1) is 17.7. The van der Waals surface area contributed by atoms with E-state index in [1.165, 1.54) is 24.3 Å². The molecule has 4 unspecified atom stereocenters. The van der Waals surface area contributed by atoms with E-state index in [1.54, 1.807) is 0 Å². The SMILES string of the molecule is CC(NC(=O)C(Cc1cnc[nH]1)NC(=O)C1CCCN1C(=O)C(N)Cc1c[nH]c2ccccc12)C(=O)O. The van der Waals surface area contributed by atoms with Crippen molar-refractivity contribution in [3.05, 3.63) is 54.2 Å². The lowest BCUT2D eigenvalue weighted by Crippen LogP contribution is -2.57. The number of amides is 3. The van der Waals surface area contributed by atoms with Gasteiger partial charge in [-0.25, -0.2) is 4.98 Å². The highest BCUT2D eigenvalue weighted by atomic mass is 16.4. The molecule has 0 radical (unpaired) electrons. The van der Waals surface area contributed by atoms with E-state index in [0.29, 0.717) is 31.5 Å². The number of fused-ring (bicyclic) bond motifs is 1. The van der Waals surface area contributed by atoms with Crippen LogP contribution in [0.5, 0.6) is 0 Å². The maximum absolute atomic E-state index is 13.3. The van der Waals surface area contributed by atoms with Crippen LogP contribution in [0.2, 0.25) is 0 Å². The monoisotopic (exact) mass is 509 g/mol. The van der Waals surface area contributed by atoms with Gasteiger partial charge in [0.05, 0.1) is 12.4 Å². The number of hydrogen-bond acceptors (Lipinski definition) is 6. The smallest absolute Gasteiger partial charge is 0.325 e. The normalized spacial score (nSPS) is 17.8. The number of H-pyrrole nitrogens is 2. The fourth-order valence-electron chi connectivity index (χ4n) is 4.61. The van der Waals surface area contributed by atoms with E-state index in [4.69, 9.17) is 10.8 Å². The number of carbonyl (C=O) groups excluding carboxylic acids is 3. The maximum Gasteiger partial charge on any atom is 0.325 e. The van der Waals surface area contributed by atoms with E-state index in [-0.39, 0.29) is 12.3 Å². The van der Waals surface area contributed by atoms with Gasteiger partial charge in [0, 0.05) is 42.0 Å². The molecule has 1 saturated heterocycles. The van der Waals surface area contributed by atoms with Crippen LogP contribution in [-0.2, 0) is 32.0 Å². The molecule has 196 valence electrons. The lowest BCUT2D eigenvalue weighted by molar-refractivity contribution is -0.142. The quantitative estimate of drug-likeness (QED) is 0.223. The van der Waals surface area contributed by atoms with Crippen molar-refractivity contribution in [2.45, 2.75) is 56.8 Å². The molecular formula is C25H31N7O5. The molecule has 4 rings (SSSR count). The first-order valence-corrected chi connectivity index (χ1v) is 12.2. The first kappa shape index (κ1) is 25.9. The third-order valence-corrected chi connectivity index (χ3v) is 6.61. The van der Waals surface area contributed by atoms with E-state index in [9.17, 15) is 19.2 Å². The zero-order valence-electron chi connectivity index (χ0n) is 20.4. The molecule has 0 bridgehead atoms. The number of para-hydroxylation sites is 1. The minimum atomic E-state index is -1.20. The van der Waals surface area contributed by atoms with Crippen LogP contribution in [0.25, 0.3) is 10.9 Å². The summed E-state index contributed by atoms with van der Waals surface area (Å²) >= 11 is 0. The Morgan fingerprint density at radius 1 is 1.19 bits per heavy atom. The van der Waals surface area contributed by atoms with E-state index < -0.39 is 42.0 Å². The standard InChI is InChI=1S/C25H31N7O5/c1-14(25(36)37)30-22(33)20(10-16-12-27-13-29-16)31-23(34)21-7-4-8-32(21)24(35)18(26)9-15-11-28-19-6-3-2-5-17(15)19/h2-3,5-6,11-14,18,20-21,28H,4,7-10,26H2,1H3,(H,27,29)(H,30,33)(H,31,34)(H,36,37). The fraction of sp³-hybridized carbons (Fsp3) is 0.400. The Morgan fingerprint density at radius 2 is 1.97 bits per heavy atom. The molecule has 3 aromatic rings. The summed E-state index contributed by atoms with van der Waals surface area (Å²) in [7, 11) is 0. The summed E-state index contributed by atoms with van der Waals surface area (Å²) < 4.78 is 0. The van der Waals surface area contributed by atoms with Gasteiger partial charge in [0.15, 0.2) is 0 Å². The molecule has 1 aromatic carbocycles. The average molecular weight is 510 g/mol. The Hall–Kier alpha value is -4.19. The third-order valence-electron chi connectivity index (χ3n) is 6.61. The summed E-state index contributed by atoms with van der Waals surface area (Å²) in [6, 6.07) is 3.92. The number of hydrogen-bond donors (Lipinski definition) is 6. The predicted molar refractivity (Wildman–Crippen MR) is 134 cm³/mol. The second-order valence-corrected chi connectivity index (χ2v) is 9.27. The van der Waals surface area contributed by atoms with Crippen molar-refractivity contribution in [1.82, 2.24) is 30.5 Å². The third kappa shape index (κ3) is 5.97. The van der Waals surface area contributed by atoms with Crippen LogP contribution in [0.4, 0.5) is 0 Å². The molecule has 4 atom stereocenters. The molecule has 1 aliphatic heterocycles. The topological polar surface area (TPSA) is 186 Å². The molecule has 12 nitrogen and oxygen atoms in total. The van der Waals surface area contributed by atoms with Gasteiger partial charge in [-0.3, -0.25) is 19.2 Å². The number of carbonyl (C=O) groups is 4. The highest BCUT2D eigenvalue weighted by molar-refractivity contribution is 5.94. The minimum absolute atomic E-state index is 0.0741. The molecule has 37 heavy (non-hydrogen) atoms. The highest BCUT2D eigenvalue weighted by Gasteiger charge is 2.38. The van der Waals surface area contributed by atoms with Gasteiger partial charge in [-0.2, -0.15) is 0 Å². The number of rotatable bonds is 10. The van der Waals surface area contributed by atoms with Crippen LogP contribution in [-0.4, -0.2) is 79.4 Å². The molecule has 1 aliphatic rings. The second-order valence-electron chi connectivity index (χ2n) is 9.27. The zero-order valence-corrected chi connectivity index (χ0v) is 20.4. The van der Waals surface area contributed by atoms with Gasteiger partial charge in [0.1, 0.15) is 18.1 Å². The predicted octanol–water partition coefficient (Wildman–Crippen LogP) is 0.0686. The van der Waals surface area contributed by atoms with Crippen molar-refractivity contribution >= 4 is 34.6 Å². The van der Waals surface area contributed by atoms with Crippen molar-refractivity contribution in [3.8, 4) is 0 Å². The van der Waals surface area contributed by atoms with Gasteiger partial charge < -0.3 is 36.3 Å². The largest absolute Gasteiger partial charge is 0.480 e. The van der Waals surface area contributed by atoms with E-state index >= 15 is 0 Å². The van der Waals surface area contributed by atoms with E-state index in [0.717, 1.165) is 16.5 Å². The molecule has 12 heteroatoms. The Bertz CT molecular complexity index is 1270. The maximum atomic E-state index is 13.3. The molecular weight excluding hydrogens is 478 g/mol. The lowest BCUT2D eigenvalue weighted by atomic mass is 10.0. The number of imidazole rings is 1. The molecule has 1 fully saturated rings. The number of aromatic nitrogens is 3. The van der Waals surface area contributed by atoms with Crippen LogP contribution in [0.1, 0.15) is 31.0 Å². The summed E-state index contributed by atoms with van der Waals surface area (Å²) in [6.45, 7) is 1.72. The molecule has 2 aromatic heterocycles. The van der Waals surface area contributed by atoms with Gasteiger partial charge in [0.2, 0.25) is 17.7 Å². The number of nitrogens with zero attached hydrogens (tertiary/aromatic N) is 2. The van der Waals surface area contributed by atoms with Crippen LogP contribution >= 0.6 is 0 Å². The van der Waals surface area contributed by atoms with Crippen molar-refractivity contribution in [2.75, 3.05) is 6.54 Å². The van der Waals surface area contributed by atoms with Gasteiger partial charge in [0.25, 0.3) is 0 Å². The summed E-state index contributed by atoms with van der Waals surface area (Å²) in [6.07, 6.45) is 6.23. The number of aliphatic carboxylic acids is 1. The number of nitrogens with two attached hydrogens (primary N) is 1. The van der Waals surface area contributed by atoms with Crippen molar-refractivity contribution in [2.24, 2.45) is 5.73 Å². The lowest BCUT2D eigenvalue weighted by Gasteiger charge is -2.28. The summed E-state index contributed by atoms with van der Waals surface area (Å²) in [5.74, 6) is -2.67. The van der Waals surface area contributed by atoms with Crippen LogP contribution in [0.15, 0.2) is 43.0 Å². The molecule has 3 amide bonds. The van der Waals surface area contributed by atoms with Gasteiger partial charge in [-0.05, 0) is 37.8 Å². The van der Waals surface area contributed by atoms with E-state index in [2.05, 4.69) is 25.6 Å². The number of benzene rings is 1. The van der Waals surface area contributed by atoms with Gasteiger partial charge in [-0.15, -0.1) is 0 Å². The Balaban J connectivity index is 1.44. The molecule has 0 saturated carbocycles. The highest BCUT2D eigenvalue weighted by Crippen LogP contribution is 2.22. The summed E-state index contributed by atoms with van der Waals surface area (Å²) in [5, 5.41) is 15.2. The van der Waals surface area contributed by atoms with Crippen molar-refractivity contribution in [3.63, 3.8) is 0 Å². The summed E-state index contributed by atoms with van der Waals surface area (Å²) in [4.78, 5) is 62.0. The Kier molecular flexibility index (Phi) is 7.87. The number of carboxylic acids is 1. The first-order valence-electron chi connectivity index (χ1n) is 12.2. The minimum Gasteiger partial charge on any atom is -0.480 e. The fourth-order valence-corrected chi connectivity index (χ4v) is 4.61. The molecule has 3 heterocycles. The Morgan fingerprint density at radius 3 is 2.70 bits per heavy atom. The van der Waals surface area contributed by atoms with Crippen LogP contribution < -0.4 is 16.4 Å².